The lowest BCUT2D eigenvalue weighted by Gasteiger charge is -2.29. The SMILES string of the molecule is CC(Cl)c1nc2cc(F)c(Br)cc2n1C(C)(C)CC(N)=O. The van der Waals surface area contributed by atoms with Gasteiger partial charge in [-0.3, -0.25) is 4.79 Å². The van der Waals surface area contributed by atoms with E-state index in [1.165, 1.54) is 6.07 Å². The summed E-state index contributed by atoms with van der Waals surface area (Å²) in [4.78, 5) is 15.7. The number of alkyl halides is 1. The van der Waals surface area contributed by atoms with E-state index in [4.69, 9.17) is 17.3 Å². The van der Waals surface area contributed by atoms with Crippen molar-refractivity contribution in [2.45, 2.75) is 38.1 Å². The molecule has 0 fully saturated rings. The Morgan fingerprint density at radius 3 is 2.71 bits per heavy atom. The first-order valence-electron chi connectivity index (χ1n) is 6.43. The lowest BCUT2D eigenvalue weighted by atomic mass is 9.99. The van der Waals surface area contributed by atoms with Crippen molar-refractivity contribution in [3.8, 4) is 0 Å². The second-order valence-electron chi connectivity index (χ2n) is 5.63. The summed E-state index contributed by atoms with van der Waals surface area (Å²) in [6, 6.07) is 2.99. The monoisotopic (exact) mass is 375 g/mol. The minimum Gasteiger partial charge on any atom is -0.370 e. The molecule has 0 bridgehead atoms. The molecule has 4 nitrogen and oxygen atoms in total. The normalized spacial score (nSPS) is 13.6. The van der Waals surface area contributed by atoms with Gasteiger partial charge < -0.3 is 10.3 Å². The van der Waals surface area contributed by atoms with E-state index in [9.17, 15) is 9.18 Å². The Labute approximate surface area is 135 Å². The van der Waals surface area contributed by atoms with Gasteiger partial charge in [-0.15, -0.1) is 11.6 Å². The van der Waals surface area contributed by atoms with Gasteiger partial charge in [0.2, 0.25) is 5.91 Å². The van der Waals surface area contributed by atoms with Crippen LogP contribution < -0.4 is 5.73 Å². The zero-order valence-corrected chi connectivity index (χ0v) is 14.3. The van der Waals surface area contributed by atoms with Crippen LogP contribution in [0, 0.1) is 5.82 Å². The maximum absolute atomic E-state index is 13.7. The summed E-state index contributed by atoms with van der Waals surface area (Å²) in [6.07, 6.45) is 0.129. The van der Waals surface area contributed by atoms with Crippen LogP contribution in [0.25, 0.3) is 11.0 Å². The summed E-state index contributed by atoms with van der Waals surface area (Å²) >= 11 is 9.37. The van der Waals surface area contributed by atoms with Crippen molar-refractivity contribution in [3.05, 3.63) is 28.2 Å². The molecule has 0 saturated carbocycles. The Balaban J connectivity index is 2.77. The quantitative estimate of drug-likeness (QED) is 0.824. The minimum absolute atomic E-state index is 0.129. The fourth-order valence-corrected chi connectivity index (χ4v) is 2.98. The van der Waals surface area contributed by atoms with E-state index >= 15 is 0 Å². The zero-order valence-electron chi connectivity index (χ0n) is 12.0. The highest BCUT2D eigenvalue weighted by atomic mass is 79.9. The van der Waals surface area contributed by atoms with Crippen LogP contribution in [0.1, 0.15) is 38.4 Å². The van der Waals surface area contributed by atoms with E-state index in [0.29, 0.717) is 21.3 Å². The van der Waals surface area contributed by atoms with E-state index < -0.39 is 17.3 Å². The highest BCUT2D eigenvalue weighted by Crippen LogP contribution is 2.34. The van der Waals surface area contributed by atoms with E-state index in [1.54, 1.807) is 13.0 Å². The molecule has 0 spiro atoms. The van der Waals surface area contributed by atoms with Crippen LogP contribution in [0.15, 0.2) is 16.6 Å². The van der Waals surface area contributed by atoms with Gasteiger partial charge in [0.15, 0.2) is 0 Å². The zero-order chi connectivity index (χ0) is 15.9. The second kappa shape index (κ2) is 5.57. The van der Waals surface area contributed by atoms with Crippen LogP contribution in [0.3, 0.4) is 0 Å². The molecular weight excluding hydrogens is 361 g/mol. The average Bonchev–Trinajstić information content (AvgIpc) is 2.67. The Hall–Kier alpha value is -1.14. The van der Waals surface area contributed by atoms with Crippen LogP contribution in [-0.2, 0) is 10.3 Å². The van der Waals surface area contributed by atoms with E-state index in [-0.39, 0.29) is 11.8 Å². The molecule has 0 saturated heterocycles. The van der Waals surface area contributed by atoms with Crippen molar-refractivity contribution >= 4 is 44.5 Å². The Morgan fingerprint density at radius 1 is 1.57 bits per heavy atom. The fourth-order valence-electron chi connectivity index (χ4n) is 2.50. The Morgan fingerprint density at radius 2 is 2.19 bits per heavy atom. The molecule has 7 heteroatoms. The van der Waals surface area contributed by atoms with E-state index in [1.807, 2.05) is 18.4 Å². The molecule has 2 rings (SSSR count). The smallest absolute Gasteiger partial charge is 0.219 e. The van der Waals surface area contributed by atoms with Crippen LogP contribution >= 0.6 is 27.5 Å². The summed E-state index contributed by atoms with van der Waals surface area (Å²) in [5, 5.41) is -0.383. The molecule has 1 unspecified atom stereocenters. The lowest BCUT2D eigenvalue weighted by Crippen LogP contribution is -2.33. The van der Waals surface area contributed by atoms with Crippen molar-refractivity contribution in [3.63, 3.8) is 0 Å². The van der Waals surface area contributed by atoms with E-state index in [0.717, 1.165) is 0 Å². The topological polar surface area (TPSA) is 60.9 Å². The molecule has 0 aliphatic heterocycles. The third-order valence-corrected chi connectivity index (χ3v) is 4.09. The van der Waals surface area contributed by atoms with Crippen LogP contribution in [0.5, 0.6) is 0 Å². The van der Waals surface area contributed by atoms with E-state index in [2.05, 4.69) is 20.9 Å². The standard InChI is InChI=1S/C14H16BrClFN3O/c1-7(16)13-19-10-5-9(17)8(15)4-11(10)20(13)14(2,3)6-12(18)21/h4-5,7H,6H2,1-3H3,(H2,18,21). The van der Waals surface area contributed by atoms with Crippen LogP contribution in [0.4, 0.5) is 4.39 Å². The number of nitrogens with zero attached hydrogens (tertiary/aromatic N) is 2. The number of nitrogens with two attached hydrogens (primary N) is 1. The van der Waals surface area contributed by atoms with Gasteiger partial charge in [-0.25, -0.2) is 9.37 Å². The molecule has 0 aliphatic carbocycles. The molecule has 21 heavy (non-hydrogen) atoms. The number of carbonyl (C=O) groups is 1. The molecule has 1 heterocycles. The molecule has 0 radical (unpaired) electrons. The van der Waals surface area contributed by atoms with Crippen molar-refractivity contribution < 1.29 is 9.18 Å². The molecule has 1 aromatic heterocycles. The Kier molecular flexibility index (Phi) is 4.31. The molecule has 1 atom stereocenters. The number of carbonyl (C=O) groups excluding carboxylic acids is 1. The molecule has 2 N–H and O–H groups in total. The number of aromatic nitrogens is 2. The predicted octanol–water partition coefficient (Wildman–Crippen LogP) is 3.85. The number of rotatable bonds is 4. The number of imidazole rings is 1. The number of hydrogen-bond acceptors (Lipinski definition) is 2. The predicted molar refractivity (Wildman–Crippen MR) is 84.8 cm³/mol. The number of fused-ring (bicyclic) bond motifs is 1. The minimum atomic E-state index is -0.615. The highest BCUT2D eigenvalue weighted by Gasteiger charge is 2.29. The van der Waals surface area contributed by atoms with Crippen molar-refractivity contribution in [1.82, 2.24) is 9.55 Å². The Bertz CT molecular complexity index is 712. The summed E-state index contributed by atoms with van der Waals surface area (Å²) in [6.45, 7) is 5.53. The summed E-state index contributed by atoms with van der Waals surface area (Å²) < 4.78 is 15.9. The molecule has 2 aromatic rings. The number of hydrogen-bond donors (Lipinski definition) is 1. The molecule has 114 valence electrons. The first-order valence-corrected chi connectivity index (χ1v) is 7.66. The summed E-state index contributed by atoms with van der Waals surface area (Å²) in [5.41, 5.74) is 5.92. The average molecular weight is 377 g/mol. The number of primary amides is 1. The van der Waals surface area contributed by atoms with Gasteiger partial charge in [0.1, 0.15) is 11.6 Å². The third-order valence-electron chi connectivity index (χ3n) is 3.29. The third kappa shape index (κ3) is 3.06. The molecule has 1 aromatic carbocycles. The van der Waals surface area contributed by atoms with Crippen LogP contribution in [0.2, 0.25) is 0 Å². The largest absolute Gasteiger partial charge is 0.370 e. The van der Waals surface area contributed by atoms with Gasteiger partial charge in [0.25, 0.3) is 0 Å². The summed E-state index contributed by atoms with van der Waals surface area (Å²) in [5.74, 6) is -0.236. The van der Waals surface area contributed by atoms with Gasteiger partial charge >= 0.3 is 0 Å². The summed E-state index contributed by atoms with van der Waals surface area (Å²) in [7, 11) is 0. The second-order valence-corrected chi connectivity index (χ2v) is 7.14. The van der Waals surface area contributed by atoms with Crippen LogP contribution in [-0.4, -0.2) is 15.5 Å². The van der Waals surface area contributed by atoms with Gasteiger partial charge in [0, 0.05) is 18.0 Å². The maximum Gasteiger partial charge on any atom is 0.219 e. The fraction of sp³-hybridized carbons (Fsp3) is 0.429. The first kappa shape index (κ1) is 16.2. The lowest BCUT2D eigenvalue weighted by molar-refractivity contribution is -0.119. The highest BCUT2D eigenvalue weighted by molar-refractivity contribution is 9.10. The first-order chi connectivity index (χ1) is 9.63. The number of halogens is 3. The molecule has 0 aliphatic rings. The maximum atomic E-state index is 13.7. The number of benzene rings is 1. The van der Waals surface area contributed by atoms with Gasteiger partial charge in [-0.1, -0.05) is 0 Å². The van der Waals surface area contributed by atoms with Crippen molar-refractivity contribution in [2.75, 3.05) is 0 Å². The molecular formula is C14H16BrClFN3O. The van der Waals surface area contributed by atoms with Crippen molar-refractivity contribution in [1.29, 1.82) is 0 Å². The van der Waals surface area contributed by atoms with Gasteiger partial charge in [0.05, 0.1) is 20.9 Å². The van der Waals surface area contributed by atoms with Gasteiger partial charge in [-0.2, -0.15) is 0 Å². The van der Waals surface area contributed by atoms with Crippen molar-refractivity contribution in [2.24, 2.45) is 5.73 Å². The number of amides is 1. The molecule has 1 amide bonds. The van der Waals surface area contributed by atoms with Gasteiger partial charge in [-0.05, 0) is 42.8 Å².